The van der Waals surface area contributed by atoms with Crippen molar-refractivity contribution in [2.75, 3.05) is 19.0 Å². The van der Waals surface area contributed by atoms with Gasteiger partial charge in [0, 0.05) is 25.1 Å². The lowest BCUT2D eigenvalue weighted by Crippen LogP contribution is -2.27. The minimum Gasteiger partial charge on any atom is -0.497 e. The molecule has 1 amide bonds. The second kappa shape index (κ2) is 6.96. The van der Waals surface area contributed by atoms with Crippen molar-refractivity contribution >= 4 is 11.6 Å². The Balaban J connectivity index is 2.53. The molecule has 4 nitrogen and oxygen atoms in total. The Hall–Kier alpha value is -1.62. The summed E-state index contributed by atoms with van der Waals surface area (Å²) in [7, 11) is 1.49. The zero-order valence-electron chi connectivity index (χ0n) is 10.9. The second-order valence-electron chi connectivity index (χ2n) is 4.25. The molecule has 0 aliphatic heterocycles. The van der Waals surface area contributed by atoms with E-state index in [1.807, 2.05) is 13.8 Å². The molecular weight excluding hydrogens is 235 g/mol. The van der Waals surface area contributed by atoms with E-state index in [4.69, 9.17) is 4.74 Å². The number of hydrogen-bond acceptors (Lipinski definition) is 3. The van der Waals surface area contributed by atoms with Crippen LogP contribution in [0.25, 0.3) is 0 Å². The van der Waals surface area contributed by atoms with E-state index < -0.39 is 5.82 Å². The average Bonchev–Trinajstić information content (AvgIpc) is 2.31. The molecule has 0 spiro atoms. The molecule has 1 aromatic rings. The lowest BCUT2D eigenvalue weighted by molar-refractivity contribution is -0.116. The zero-order chi connectivity index (χ0) is 13.5. The van der Waals surface area contributed by atoms with E-state index in [0.29, 0.717) is 24.8 Å². The van der Waals surface area contributed by atoms with E-state index in [2.05, 4.69) is 10.6 Å². The van der Waals surface area contributed by atoms with Crippen LogP contribution in [0.3, 0.4) is 0 Å². The summed E-state index contributed by atoms with van der Waals surface area (Å²) >= 11 is 0. The molecule has 0 fully saturated rings. The summed E-state index contributed by atoms with van der Waals surface area (Å²) in [6.07, 6.45) is 0.300. The first-order valence-electron chi connectivity index (χ1n) is 5.89. The van der Waals surface area contributed by atoms with Gasteiger partial charge in [-0.3, -0.25) is 4.79 Å². The maximum Gasteiger partial charge on any atom is 0.225 e. The van der Waals surface area contributed by atoms with Crippen LogP contribution in [0.15, 0.2) is 18.2 Å². The summed E-state index contributed by atoms with van der Waals surface area (Å²) in [6, 6.07) is 4.56. The summed E-state index contributed by atoms with van der Waals surface area (Å²) in [5.74, 6) is -0.191. The van der Waals surface area contributed by atoms with Gasteiger partial charge in [-0.1, -0.05) is 13.8 Å². The predicted molar refractivity (Wildman–Crippen MR) is 69.3 cm³/mol. The summed E-state index contributed by atoms with van der Waals surface area (Å²) in [5.41, 5.74) is 0.142. The summed E-state index contributed by atoms with van der Waals surface area (Å²) in [5, 5.41) is 5.64. The fourth-order valence-electron chi connectivity index (χ4n) is 1.41. The van der Waals surface area contributed by atoms with Crippen LogP contribution in [-0.2, 0) is 4.79 Å². The molecule has 0 saturated heterocycles. The van der Waals surface area contributed by atoms with Gasteiger partial charge in [0.25, 0.3) is 0 Å². The summed E-state index contributed by atoms with van der Waals surface area (Å²) < 4.78 is 18.4. The zero-order valence-corrected chi connectivity index (χ0v) is 10.9. The van der Waals surface area contributed by atoms with E-state index >= 15 is 0 Å². The molecule has 0 aromatic heterocycles. The monoisotopic (exact) mass is 254 g/mol. The van der Waals surface area contributed by atoms with Crippen LogP contribution in [-0.4, -0.2) is 25.6 Å². The first-order chi connectivity index (χ1) is 8.52. The Morgan fingerprint density at radius 3 is 2.78 bits per heavy atom. The lowest BCUT2D eigenvalue weighted by atomic mass is 10.2. The van der Waals surface area contributed by atoms with Crippen LogP contribution in [0.1, 0.15) is 20.3 Å². The minimum absolute atomic E-state index is 0.142. The van der Waals surface area contributed by atoms with Crippen molar-refractivity contribution in [2.24, 2.45) is 0 Å². The molecule has 0 atom stereocenters. The minimum atomic E-state index is -0.471. The fraction of sp³-hybridized carbons (Fsp3) is 0.462. The highest BCUT2D eigenvalue weighted by atomic mass is 19.1. The van der Waals surface area contributed by atoms with Gasteiger partial charge in [-0.25, -0.2) is 4.39 Å². The van der Waals surface area contributed by atoms with Crippen molar-refractivity contribution in [3.05, 3.63) is 24.0 Å². The molecule has 0 unspecified atom stereocenters. The largest absolute Gasteiger partial charge is 0.497 e. The highest BCUT2D eigenvalue weighted by Crippen LogP contribution is 2.21. The van der Waals surface area contributed by atoms with Crippen molar-refractivity contribution < 1.29 is 13.9 Å². The van der Waals surface area contributed by atoms with Crippen LogP contribution in [0, 0.1) is 5.82 Å². The van der Waals surface area contributed by atoms with Gasteiger partial charge < -0.3 is 15.4 Å². The van der Waals surface area contributed by atoms with Crippen LogP contribution in [0.5, 0.6) is 5.75 Å². The number of carbonyl (C=O) groups is 1. The molecule has 1 rings (SSSR count). The normalized spacial score (nSPS) is 10.5. The topological polar surface area (TPSA) is 50.4 Å². The first-order valence-corrected chi connectivity index (χ1v) is 5.89. The van der Waals surface area contributed by atoms with E-state index in [-0.39, 0.29) is 11.6 Å². The summed E-state index contributed by atoms with van der Waals surface area (Å²) in [4.78, 5) is 11.6. The van der Waals surface area contributed by atoms with Gasteiger partial charge in [-0.2, -0.15) is 0 Å². The van der Waals surface area contributed by atoms with Gasteiger partial charge in [0.2, 0.25) is 5.91 Å². The molecule has 0 saturated carbocycles. The highest BCUT2D eigenvalue weighted by Gasteiger charge is 2.08. The number of methoxy groups -OCH3 is 1. The number of halogens is 1. The Morgan fingerprint density at radius 1 is 1.44 bits per heavy atom. The Bertz CT molecular complexity index is 408. The number of amides is 1. The van der Waals surface area contributed by atoms with Crippen molar-refractivity contribution in [3.8, 4) is 5.75 Å². The number of rotatable bonds is 6. The van der Waals surface area contributed by atoms with Gasteiger partial charge >= 0.3 is 0 Å². The van der Waals surface area contributed by atoms with Crippen molar-refractivity contribution in [1.82, 2.24) is 5.32 Å². The van der Waals surface area contributed by atoms with Crippen molar-refractivity contribution in [3.63, 3.8) is 0 Å². The van der Waals surface area contributed by atoms with Gasteiger partial charge in [-0.15, -0.1) is 0 Å². The molecular formula is C13H19FN2O2. The Morgan fingerprint density at radius 2 is 2.17 bits per heavy atom. The first kappa shape index (κ1) is 14.4. The highest BCUT2D eigenvalue weighted by molar-refractivity contribution is 5.91. The molecule has 0 heterocycles. The number of benzene rings is 1. The quantitative estimate of drug-likeness (QED) is 0.818. The molecule has 5 heteroatoms. The van der Waals surface area contributed by atoms with Crippen LogP contribution >= 0.6 is 0 Å². The second-order valence-corrected chi connectivity index (χ2v) is 4.25. The maximum absolute atomic E-state index is 13.4. The van der Waals surface area contributed by atoms with E-state index in [1.165, 1.54) is 25.3 Å². The maximum atomic E-state index is 13.4. The third-order valence-corrected chi connectivity index (χ3v) is 2.35. The van der Waals surface area contributed by atoms with Crippen molar-refractivity contribution in [1.29, 1.82) is 0 Å². The fourth-order valence-corrected chi connectivity index (χ4v) is 1.41. The Labute approximate surface area is 107 Å². The van der Waals surface area contributed by atoms with Crippen LogP contribution in [0.4, 0.5) is 10.1 Å². The molecule has 0 aliphatic carbocycles. The van der Waals surface area contributed by atoms with E-state index in [0.717, 1.165) is 0 Å². The molecule has 0 radical (unpaired) electrons. The SMILES string of the molecule is COc1ccc(F)c(NC(=O)CCNC(C)C)c1. The van der Waals surface area contributed by atoms with Gasteiger partial charge in [0.15, 0.2) is 0 Å². The molecule has 18 heavy (non-hydrogen) atoms. The summed E-state index contributed by atoms with van der Waals surface area (Å²) in [6.45, 7) is 4.56. The number of anilines is 1. The number of carbonyl (C=O) groups excluding carboxylic acids is 1. The lowest BCUT2D eigenvalue weighted by Gasteiger charge is -2.10. The van der Waals surface area contributed by atoms with Crippen LogP contribution in [0.2, 0.25) is 0 Å². The van der Waals surface area contributed by atoms with E-state index in [9.17, 15) is 9.18 Å². The third kappa shape index (κ3) is 4.71. The van der Waals surface area contributed by atoms with Crippen molar-refractivity contribution in [2.45, 2.75) is 26.3 Å². The standard InChI is InChI=1S/C13H19FN2O2/c1-9(2)15-7-6-13(17)16-12-8-10(18-3)4-5-11(12)14/h4-5,8-9,15H,6-7H2,1-3H3,(H,16,17). The number of hydrogen-bond donors (Lipinski definition) is 2. The third-order valence-electron chi connectivity index (χ3n) is 2.35. The van der Waals surface area contributed by atoms with Gasteiger partial charge in [0.1, 0.15) is 11.6 Å². The molecule has 1 aromatic carbocycles. The van der Waals surface area contributed by atoms with E-state index in [1.54, 1.807) is 0 Å². The van der Waals surface area contributed by atoms with Gasteiger partial charge in [-0.05, 0) is 12.1 Å². The van der Waals surface area contributed by atoms with Crippen LogP contribution < -0.4 is 15.4 Å². The smallest absolute Gasteiger partial charge is 0.225 e. The molecule has 0 bridgehead atoms. The molecule has 2 N–H and O–H groups in total. The Kier molecular flexibility index (Phi) is 5.58. The predicted octanol–water partition coefficient (Wildman–Crippen LogP) is 2.16. The molecule has 100 valence electrons. The number of ether oxygens (including phenoxy) is 1. The average molecular weight is 254 g/mol. The van der Waals surface area contributed by atoms with Gasteiger partial charge in [0.05, 0.1) is 12.8 Å². The number of nitrogens with one attached hydrogen (secondary N) is 2. The molecule has 0 aliphatic rings.